The van der Waals surface area contributed by atoms with Crippen LogP contribution in [0.15, 0.2) is 0 Å². The molecule has 0 aliphatic heterocycles. The molecule has 106 valence electrons. The van der Waals surface area contributed by atoms with Crippen LogP contribution in [0.25, 0.3) is 0 Å². The van der Waals surface area contributed by atoms with Crippen LogP contribution in [0.4, 0.5) is 0 Å². The van der Waals surface area contributed by atoms with Crippen LogP contribution in [0.5, 0.6) is 0 Å². The summed E-state index contributed by atoms with van der Waals surface area (Å²) in [5, 5.41) is 2.77. The summed E-state index contributed by atoms with van der Waals surface area (Å²) >= 11 is 0. The smallest absolute Gasteiger partial charge is 0.252 e. The molecule has 0 aromatic heterocycles. The molecular weight excluding hydrogens is 232 g/mol. The Bertz CT molecular complexity index is 299. The van der Waals surface area contributed by atoms with Crippen molar-refractivity contribution in [3.8, 4) is 0 Å². The third-order valence-electron chi connectivity index (χ3n) is 2.81. The van der Waals surface area contributed by atoms with E-state index in [1.165, 1.54) is 12.0 Å². The number of nitrogens with one attached hydrogen (secondary N) is 1. The van der Waals surface area contributed by atoms with Gasteiger partial charge in [-0.1, -0.05) is 13.8 Å². The number of amides is 2. The largest absolute Gasteiger partial charge is 0.369 e. The second-order valence-electron chi connectivity index (χ2n) is 5.60. The Kier molecular flexibility index (Phi) is 6.32. The van der Waals surface area contributed by atoms with E-state index in [9.17, 15) is 9.59 Å². The van der Waals surface area contributed by atoms with E-state index < -0.39 is 11.6 Å². The summed E-state index contributed by atoms with van der Waals surface area (Å²) in [6.07, 6.45) is 0.614. The molecule has 5 heteroatoms. The first-order chi connectivity index (χ1) is 8.11. The highest BCUT2D eigenvalue weighted by atomic mass is 16.5. The van der Waals surface area contributed by atoms with Crippen LogP contribution in [0.3, 0.4) is 0 Å². The van der Waals surface area contributed by atoms with Crippen molar-refractivity contribution in [2.75, 3.05) is 21.2 Å². The van der Waals surface area contributed by atoms with Gasteiger partial charge < -0.3 is 15.0 Å². The highest BCUT2D eigenvalue weighted by Gasteiger charge is 2.31. The Labute approximate surface area is 110 Å². The van der Waals surface area contributed by atoms with Gasteiger partial charge in [-0.25, -0.2) is 0 Å². The third kappa shape index (κ3) is 5.04. The molecule has 0 bridgehead atoms. The Balaban J connectivity index is 4.80. The maximum absolute atomic E-state index is 12.0. The van der Waals surface area contributed by atoms with Crippen molar-refractivity contribution < 1.29 is 14.3 Å². The van der Waals surface area contributed by atoms with Gasteiger partial charge in [0.05, 0.1) is 0 Å². The van der Waals surface area contributed by atoms with Crippen LogP contribution in [-0.4, -0.2) is 49.6 Å². The number of hydrogen-bond acceptors (Lipinski definition) is 3. The fraction of sp³-hybridized carbons (Fsp3) is 0.846. The molecule has 0 saturated carbocycles. The fourth-order valence-electron chi connectivity index (χ4n) is 1.43. The van der Waals surface area contributed by atoms with Gasteiger partial charge in [-0.15, -0.1) is 0 Å². The van der Waals surface area contributed by atoms with Crippen molar-refractivity contribution in [1.82, 2.24) is 10.2 Å². The molecule has 0 saturated heterocycles. The third-order valence-corrected chi connectivity index (χ3v) is 2.81. The summed E-state index contributed by atoms with van der Waals surface area (Å²) in [5.74, 6) is -0.0420. The molecule has 0 heterocycles. The van der Waals surface area contributed by atoms with Gasteiger partial charge in [-0.2, -0.15) is 0 Å². The topological polar surface area (TPSA) is 58.6 Å². The zero-order valence-electron chi connectivity index (χ0n) is 12.5. The highest BCUT2D eigenvalue weighted by molar-refractivity contribution is 5.90. The lowest BCUT2D eigenvalue weighted by atomic mass is 10.0. The monoisotopic (exact) mass is 258 g/mol. The Morgan fingerprint density at radius 2 is 1.78 bits per heavy atom. The molecule has 2 amide bonds. The molecule has 0 aliphatic carbocycles. The molecular formula is C13H26N2O3. The lowest BCUT2D eigenvalue weighted by molar-refractivity contribution is -0.144. The van der Waals surface area contributed by atoms with Crippen LogP contribution >= 0.6 is 0 Å². The summed E-state index contributed by atoms with van der Waals surface area (Å²) in [6.45, 7) is 7.39. The molecule has 1 atom stereocenters. The average Bonchev–Trinajstić information content (AvgIpc) is 2.26. The zero-order valence-corrected chi connectivity index (χ0v) is 12.5. The summed E-state index contributed by atoms with van der Waals surface area (Å²) < 4.78 is 5.11. The predicted octanol–water partition coefficient (Wildman–Crippen LogP) is 1.03. The molecule has 18 heavy (non-hydrogen) atoms. The average molecular weight is 258 g/mol. The molecule has 0 fully saturated rings. The van der Waals surface area contributed by atoms with Gasteiger partial charge in [0.25, 0.3) is 5.91 Å². The van der Waals surface area contributed by atoms with E-state index in [-0.39, 0.29) is 11.8 Å². The molecule has 0 spiro atoms. The van der Waals surface area contributed by atoms with Gasteiger partial charge in [-0.05, 0) is 26.2 Å². The van der Waals surface area contributed by atoms with E-state index in [1.54, 1.807) is 27.9 Å². The van der Waals surface area contributed by atoms with Gasteiger partial charge >= 0.3 is 0 Å². The number of hydrogen-bond donors (Lipinski definition) is 1. The van der Waals surface area contributed by atoms with Crippen LogP contribution in [-0.2, 0) is 14.3 Å². The summed E-state index contributed by atoms with van der Waals surface area (Å²) in [4.78, 5) is 25.5. The molecule has 0 aromatic rings. The van der Waals surface area contributed by atoms with Crippen LogP contribution in [0, 0.1) is 5.92 Å². The van der Waals surface area contributed by atoms with Crippen molar-refractivity contribution in [3.63, 3.8) is 0 Å². The Morgan fingerprint density at radius 1 is 1.28 bits per heavy atom. The van der Waals surface area contributed by atoms with E-state index in [0.717, 1.165) is 0 Å². The number of ether oxygens (including phenoxy) is 1. The van der Waals surface area contributed by atoms with Gasteiger partial charge in [-0.3, -0.25) is 9.59 Å². The van der Waals surface area contributed by atoms with Crippen molar-refractivity contribution >= 4 is 11.8 Å². The van der Waals surface area contributed by atoms with Gasteiger partial charge in [0, 0.05) is 21.2 Å². The summed E-state index contributed by atoms with van der Waals surface area (Å²) in [5.41, 5.74) is -0.929. The van der Waals surface area contributed by atoms with Crippen LogP contribution < -0.4 is 5.32 Å². The minimum Gasteiger partial charge on any atom is -0.369 e. The van der Waals surface area contributed by atoms with Crippen molar-refractivity contribution in [1.29, 1.82) is 0 Å². The number of carbonyl (C=O) groups excluding carboxylic acids is 2. The molecule has 1 N–H and O–H groups in total. The number of rotatable bonds is 6. The van der Waals surface area contributed by atoms with Crippen molar-refractivity contribution in [3.05, 3.63) is 0 Å². The second-order valence-corrected chi connectivity index (χ2v) is 5.60. The van der Waals surface area contributed by atoms with Crippen molar-refractivity contribution in [2.45, 2.75) is 45.8 Å². The van der Waals surface area contributed by atoms with Gasteiger partial charge in [0.1, 0.15) is 11.6 Å². The van der Waals surface area contributed by atoms with E-state index in [1.807, 2.05) is 13.8 Å². The number of methoxy groups -OCH3 is 1. The first kappa shape index (κ1) is 16.9. The molecule has 0 rings (SSSR count). The molecule has 5 nitrogen and oxygen atoms in total. The van der Waals surface area contributed by atoms with E-state index in [0.29, 0.717) is 12.3 Å². The van der Waals surface area contributed by atoms with Crippen LogP contribution in [0.2, 0.25) is 0 Å². The minimum absolute atomic E-state index is 0.0936. The van der Waals surface area contributed by atoms with E-state index in [2.05, 4.69) is 5.32 Å². The maximum Gasteiger partial charge on any atom is 0.252 e. The normalized spacial score (nSPS) is 13.3. The molecule has 1 unspecified atom stereocenters. The van der Waals surface area contributed by atoms with Gasteiger partial charge in [0.15, 0.2) is 0 Å². The SMILES string of the molecule is COC(C)(C)C(=O)NC(CC(C)C)C(=O)N(C)C. The predicted molar refractivity (Wildman–Crippen MR) is 71.2 cm³/mol. The summed E-state index contributed by atoms with van der Waals surface area (Å²) in [7, 11) is 4.84. The first-order valence-corrected chi connectivity index (χ1v) is 6.19. The molecule has 0 aliphatic rings. The maximum atomic E-state index is 12.0. The standard InChI is InChI=1S/C13H26N2O3/c1-9(2)8-10(11(16)15(5)6)14-12(17)13(3,4)18-7/h9-10H,8H2,1-7H3,(H,14,17). The summed E-state index contributed by atoms with van der Waals surface area (Å²) in [6, 6.07) is -0.498. The van der Waals surface area contributed by atoms with E-state index >= 15 is 0 Å². The lowest BCUT2D eigenvalue weighted by Crippen LogP contribution is -2.53. The minimum atomic E-state index is -0.929. The quantitative estimate of drug-likeness (QED) is 0.774. The first-order valence-electron chi connectivity index (χ1n) is 6.19. The fourth-order valence-corrected chi connectivity index (χ4v) is 1.43. The van der Waals surface area contributed by atoms with Crippen molar-refractivity contribution in [2.24, 2.45) is 5.92 Å². The number of carbonyl (C=O) groups is 2. The van der Waals surface area contributed by atoms with Gasteiger partial charge in [0.2, 0.25) is 5.91 Å². The second kappa shape index (κ2) is 6.73. The van der Waals surface area contributed by atoms with E-state index in [4.69, 9.17) is 4.74 Å². The lowest BCUT2D eigenvalue weighted by Gasteiger charge is -2.28. The number of likely N-dealkylation sites (N-methyl/N-ethyl adjacent to an activating group) is 1. The zero-order chi connectivity index (χ0) is 14.5. The Hall–Kier alpha value is -1.10. The molecule has 0 radical (unpaired) electrons. The number of nitrogens with zero attached hydrogens (tertiary/aromatic N) is 1. The van der Waals surface area contributed by atoms with Crippen LogP contribution in [0.1, 0.15) is 34.1 Å². The Morgan fingerprint density at radius 3 is 2.11 bits per heavy atom. The molecule has 0 aromatic carbocycles. The highest BCUT2D eigenvalue weighted by Crippen LogP contribution is 2.11.